The monoisotopic (exact) mass is 315 g/mol. The SMILES string of the molecule is CN(Cc1ccccc1)C(=O)CNC(=O)C1C2CCC(C2)C1N. The zero-order valence-electron chi connectivity index (χ0n) is 13.6. The zero-order valence-corrected chi connectivity index (χ0v) is 13.6. The third kappa shape index (κ3) is 3.39. The molecular weight excluding hydrogens is 290 g/mol. The number of fused-ring (bicyclic) bond motifs is 2. The van der Waals surface area contributed by atoms with E-state index in [1.807, 2.05) is 30.3 Å². The van der Waals surface area contributed by atoms with E-state index in [0.29, 0.717) is 18.4 Å². The Morgan fingerprint density at radius 1 is 1.22 bits per heavy atom. The number of benzene rings is 1. The molecule has 4 unspecified atom stereocenters. The van der Waals surface area contributed by atoms with Crippen molar-refractivity contribution < 1.29 is 9.59 Å². The summed E-state index contributed by atoms with van der Waals surface area (Å²) < 4.78 is 0. The van der Waals surface area contributed by atoms with Crippen LogP contribution in [0.4, 0.5) is 0 Å². The number of nitrogens with zero attached hydrogens (tertiary/aromatic N) is 1. The molecule has 2 aliphatic rings. The maximum atomic E-state index is 12.4. The maximum Gasteiger partial charge on any atom is 0.242 e. The topological polar surface area (TPSA) is 75.4 Å². The molecule has 2 fully saturated rings. The van der Waals surface area contributed by atoms with Gasteiger partial charge >= 0.3 is 0 Å². The quantitative estimate of drug-likeness (QED) is 0.855. The molecule has 23 heavy (non-hydrogen) atoms. The summed E-state index contributed by atoms with van der Waals surface area (Å²) >= 11 is 0. The fourth-order valence-electron chi connectivity index (χ4n) is 4.09. The number of nitrogens with one attached hydrogen (secondary N) is 1. The van der Waals surface area contributed by atoms with Gasteiger partial charge in [0.05, 0.1) is 12.5 Å². The number of hydrogen-bond donors (Lipinski definition) is 2. The lowest BCUT2D eigenvalue weighted by Crippen LogP contribution is -2.47. The summed E-state index contributed by atoms with van der Waals surface area (Å²) in [5.74, 6) is 0.658. The molecule has 0 aromatic heterocycles. The first-order valence-electron chi connectivity index (χ1n) is 8.37. The van der Waals surface area contributed by atoms with Crippen molar-refractivity contribution in [2.24, 2.45) is 23.5 Å². The number of carbonyl (C=O) groups excluding carboxylic acids is 2. The number of carbonyl (C=O) groups is 2. The summed E-state index contributed by atoms with van der Waals surface area (Å²) in [7, 11) is 1.75. The van der Waals surface area contributed by atoms with Gasteiger partial charge in [0.15, 0.2) is 0 Å². The van der Waals surface area contributed by atoms with E-state index in [1.165, 1.54) is 0 Å². The highest BCUT2D eigenvalue weighted by molar-refractivity contribution is 5.86. The van der Waals surface area contributed by atoms with E-state index in [4.69, 9.17) is 5.73 Å². The summed E-state index contributed by atoms with van der Waals surface area (Å²) in [5, 5.41) is 2.80. The number of nitrogens with two attached hydrogens (primary N) is 1. The highest BCUT2D eigenvalue weighted by Crippen LogP contribution is 2.47. The Balaban J connectivity index is 1.48. The predicted octanol–water partition coefficient (Wildman–Crippen LogP) is 1.13. The summed E-state index contributed by atoms with van der Waals surface area (Å²) in [6, 6.07) is 9.78. The second kappa shape index (κ2) is 6.71. The molecule has 5 heteroatoms. The second-order valence-electron chi connectivity index (χ2n) is 6.89. The number of hydrogen-bond acceptors (Lipinski definition) is 3. The molecule has 3 N–H and O–H groups in total. The first-order valence-corrected chi connectivity index (χ1v) is 8.37. The highest BCUT2D eigenvalue weighted by Gasteiger charge is 2.49. The van der Waals surface area contributed by atoms with Crippen LogP contribution in [0.3, 0.4) is 0 Å². The molecule has 3 rings (SSSR count). The van der Waals surface area contributed by atoms with Gasteiger partial charge in [-0.2, -0.15) is 0 Å². The minimum Gasteiger partial charge on any atom is -0.347 e. The number of rotatable bonds is 5. The Hall–Kier alpha value is -1.88. The van der Waals surface area contributed by atoms with Crippen molar-refractivity contribution in [3.8, 4) is 0 Å². The third-order valence-corrected chi connectivity index (χ3v) is 5.39. The molecule has 0 aliphatic heterocycles. The number of likely N-dealkylation sites (N-methyl/N-ethyl adjacent to an activating group) is 1. The largest absolute Gasteiger partial charge is 0.347 e. The first-order chi connectivity index (χ1) is 11.1. The van der Waals surface area contributed by atoms with Gasteiger partial charge in [0.1, 0.15) is 0 Å². The van der Waals surface area contributed by atoms with Gasteiger partial charge in [0.25, 0.3) is 0 Å². The van der Waals surface area contributed by atoms with E-state index in [2.05, 4.69) is 5.32 Å². The Bertz CT molecular complexity index is 573. The normalized spacial score (nSPS) is 28.6. The Kier molecular flexibility index (Phi) is 4.66. The van der Waals surface area contributed by atoms with Crippen LogP contribution in [0.2, 0.25) is 0 Å². The van der Waals surface area contributed by atoms with Crippen LogP contribution in [0.5, 0.6) is 0 Å². The third-order valence-electron chi connectivity index (χ3n) is 5.39. The van der Waals surface area contributed by atoms with Gasteiger partial charge < -0.3 is 16.0 Å². The van der Waals surface area contributed by atoms with Gasteiger partial charge in [-0.1, -0.05) is 30.3 Å². The van der Waals surface area contributed by atoms with Gasteiger partial charge in [0, 0.05) is 19.6 Å². The van der Waals surface area contributed by atoms with Crippen LogP contribution in [-0.4, -0.2) is 36.3 Å². The zero-order chi connectivity index (χ0) is 16.4. The molecule has 0 radical (unpaired) electrons. The van der Waals surface area contributed by atoms with Crippen molar-refractivity contribution in [3.05, 3.63) is 35.9 Å². The average Bonchev–Trinajstić information content (AvgIpc) is 3.14. The van der Waals surface area contributed by atoms with Gasteiger partial charge in [-0.3, -0.25) is 9.59 Å². The summed E-state index contributed by atoms with van der Waals surface area (Å²) in [6.45, 7) is 0.589. The lowest BCUT2D eigenvalue weighted by Gasteiger charge is -2.27. The molecule has 5 nitrogen and oxygen atoms in total. The summed E-state index contributed by atoms with van der Waals surface area (Å²) in [4.78, 5) is 26.2. The smallest absolute Gasteiger partial charge is 0.242 e. The molecule has 2 bridgehead atoms. The van der Waals surface area contributed by atoms with E-state index < -0.39 is 0 Å². The van der Waals surface area contributed by atoms with Crippen LogP contribution < -0.4 is 11.1 Å². The van der Waals surface area contributed by atoms with E-state index in [1.54, 1.807) is 11.9 Å². The second-order valence-corrected chi connectivity index (χ2v) is 6.89. The standard InChI is InChI=1S/C18H25N3O2/c1-21(11-12-5-3-2-4-6-12)15(22)10-20-18(23)16-13-7-8-14(9-13)17(16)19/h2-6,13-14,16-17H,7-11,19H2,1H3,(H,20,23). The van der Waals surface area contributed by atoms with Crippen LogP contribution in [0.1, 0.15) is 24.8 Å². The molecule has 0 saturated heterocycles. The van der Waals surface area contributed by atoms with Gasteiger partial charge in [-0.15, -0.1) is 0 Å². The van der Waals surface area contributed by atoms with E-state index >= 15 is 0 Å². The molecule has 1 aromatic rings. The van der Waals surface area contributed by atoms with Gasteiger partial charge in [0.2, 0.25) is 11.8 Å². The van der Waals surface area contributed by atoms with Crippen LogP contribution in [0.15, 0.2) is 30.3 Å². The van der Waals surface area contributed by atoms with Crippen LogP contribution in [-0.2, 0) is 16.1 Å². The maximum absolute atomic E-state index is 12.4. The number of amides is 2. The van der Waals surface area contributed by atoms with Crippen molar-refractivity contribution in [3.63, 3.8) is 0 Å². The van der Waals surface area contributed by atoms with E-state index in [0.717, 1.165) is 24.8 Å². The van der Waals surface area contributed by atoms with Crippen molar-refractivity contribution in [1.82, 2.24) is 10.2 Å². The summed E-state index contributed by atoms with van der Waals surface area (Å²) in [5.41, 5.74) is 7.25. The van der Waals surface area contributed by atoms with Crippen molar-refractivity contribution in [1.29, 1.82) is 0 Å². The van der Waals surface area contributed by atoms with Crippen molar-refractivity contribution in [2.75, 3.05) is 13.6 Å². The fourth-order valence-corrected chi connectivity index (χ4v) is 4.09. The lowest BCUT2D eigenvalue weighted by atomic mass is 9.84. The minimum absolute atomic E-state index is 0.0362. The van der Waals surface area contributed by atoms with Crippen LogP contribution >= 0.6 is 0 Å². The van der Waals surface area contributed by atoms with Crippen LogP contribution in [0, 0.1) is 17.8 Å². The van der Waals surface area contributed by atoms with E-state index in [9.17, 15) is 9.59 Å². The lowest BCUT2D eigenvalue weighted by molar-refractivity contribution is -0.134. The van der Waals surface area contributed by atoms with Crippen LogP contribution in [0.25, 0.3) is 0 Å². The molecular formula is C18H25N3O2. The fraction of sp³-hybridized carbons (Fsp3) is 0.556. The van der Waals surface area contributed by atoms with Gasteiger partial charge in [-0.05, 0) is 36.7 Å². The van der Waals surface area contributed by atoms with Crippen molar-refractivity contribution >= 4 is 11.8 Å². The molecule has 0 heterocycles. The predicted molar refractivity (Wildman–Crippen MR) is 88.2 cm³/mol. The molecule has 124 valence electrons. The van der Waals surface area contributed by atoms with E-state index in [-0.39, 0.29) is 30.3 Å². The van der Waals surface area contributed by atoms with Gasteiger partial charge in [-0.25, -0.2) is 0 Å². The minimum atomic E-state index is -0.110. The Morgan fingerprint density at radius 2 is 1.91 bits per heavy atom. The molecule has 4 atom stereocenters. The molecule has 2 aliphatic carbocycles. The molecule has 1 aromatic carbocycles. The highest BCUT2D eigenvalue weighted by atomic mass is 16.2. The Morgan fingerprint density at radius 3 is 2.57 bits per heavy atom. The summed E-state index contributed by atoms with van der Waals surface area (Å²) in [6.07, 6.45) is 3.31. The molecule has 2 amide bonds. The Labute approximate surface area is 137 Å². The average molecular weight is 315 g/mol. The first kappa shape index (κ1) is 16.0. The molecule has 2 saturated carbocycles. The van der Waals surface area contributed by atoms with Crippen molar-refractivity contribution in [2.45, 2.75) is 31.8 Å². The molecule has 0 spiro atoms.